The quantitative estimate of drug-likeness (QED) is 0.648. The summed E-state index contributed by atoms with van der Waals surface area (Å²) in [5, 5.41) is 12.5. The Balaban J connectivity index is 2.53. The maximum absolute atomic E-state index is 11.6. The van der Waals surface area contributed by atoms with Gasteiger partial charge in [0.2, 0.25) is 0 Å². The van der Waals surface area contributed by atoms with Gasteiger partial charge in [0.1, 0.15) is 0 Å². The van der Waals surface area contributed by atoms with Crippen molar-refractivity contribution in [1.82, 2.24) is 20.7 Å². The van der Waals surface area contributed by atoms with Crippen molar-refractivity contribution < 1.29 is 4.79 Å². The molecular formula is C10H19N5O. The van der Waals surface area contributed by atoms with E-state index in [-0.39, 0.29) is 11.3 Å². The van der Waals surface area contributed by atoms with Gasteiger partial charge in [-0.3, -0.25) is 4.79 Å². The minimum Gasteiger partial charge on any atom is -0.350 e. The van der Waals surface area contributed by atoms with E-state index in [0.29, 0.717) is 18.8 Å². The average molecular weight is 225 g/mol. The second-order valence-electron chi connectivity index (χ2n) is 3.95. The largest absolute Gasteiger partial charge is 0.350 e. The first-order valence-electron chi connectivity index (χ1n) is 5.51. The number of H-pyrrole nitrogens is 1. The van der Waals surface area contributed by atoms with Gasteiger partial charge in [-0.15, -0.1) is 0 Å². The molecule has 16 heavy (non-hydrogen) atoms. The van der Waals surface area contributed by atoms with Crippen LogP contribution in [-0.2, 0) is 0 Å². The molecule has 1 amide bonds. The van der Waals surface area contributed by atoms with Gasteiger partial charge in [-0.05, 0) is 24.8 Å². The van der Waals surface area contributed by atoms with Gasteiger partial charge in [0.15, 0.2) is 5.69 Å². The summed E-state index contributed by atoms with van der Waals surface area (Å²) in [5.74, 6) is -0.214. The Bertz CT molecular complexity index is 310. The van der Waals surface area contributed by atoms with Crippen molar-refractivity contribution in [3.8, 4) is 0 Å². The van der Waals surface area contributed by atoms with Gasteiger partial charge in [0.05, 0.1) is 6.20 Å². The third kappa shape index (κ3) is 2.79. The monoisotopic (exact) mass is 225 g/mol. The molecule has 0 radical (unpaired) electrons. The number of carbonyl (C=O) groups is 1. The van der Waals surface area contributed by atoms with Gasteiger partial charge in [0, 0.05) is 6.54 Å². The first-order chi connectivity index (χ1) is 7.67. The van der Waals surface area contributed by atoms with Crippen LogP contribution in [0.5, 0.6) is 0 Å². The molecule has 4 N–H and O–H groups in total. The van der Waals surface area contributed by atoms with E-state index in [0.717, 1.165) is 12.8 Å². The van der Waals surface area contributed by atoms with Crippen LogP contribution < -0.4 is 11.1 Å². The molecule has 0 atom stereocenters. The second kappa shape index (κ2) is 5.60. The number of aromatic amines is 1. The third-order valence-corrected chi connectivity index (χ3v) is 3.20. The average Bonchev–Trinajstić information content (AvgIpc) is 2.85. The predicted molar refractivity (Wildman–Crippen MR) is 60.8 cm³/mol. The summed E-state index contributed by atoms with van der Waals surface area (Å²) in [5.41, 5.74) is 6.04. The molecule has 0 saturated heterocycles. The number of carbonyl (C=O) groups excluding carboxylic acids is 1. The Hall–Kier alpha value is -1.43. The zero-order valence-electron chi connectivity index (χ0n) is 9.79. The fourth-order valence-corrected chi connectivity index (χ4v) is 1.53. The fraction of sp³-hybridized carbons (Fsp3) is 0.700. The Morgan fingerprint density at radius 1 is 1.56 bits per heavy atom. The van der Waals surface area contributed by atoms with Crippen molar-refractivity contribution in [2.75, 3.05) is 13.1 Å². The zero-order valence-corrected chi connectivity index (χ0v) is 9.79. The normalized spacial score (nSPS) is 11.4. The molecule has 1 aromatic heterocycles. The number of amides is 1. The van der Waals surface area contributed by atoms with Crippen LogP contribution in [0.1, 0.15) is 37.2 Å². The van der Waals surface area contributed by atoms with E-state index >= 15 is 0 Å². The molecule has 1 heterocycles. The van der Waals surface area contributed by atoms with Crippen LogP contribution in [0.2, 0.25) is 0 Å². The van der Waals surface area contributed by atoms with Crippen LogP contribution in [0, 0.1) is 5.41 Å². The molecule has 0 unspecified atom stereocenters. The minimum absolute atomic E-state index is 0.0145. The van der Waals surface area contributed by atoms with Crippen LogP contribution in [0.4, 0.5) is 0 Å². The van der Waals surface area contributed by atoms with Crippen molar-refractivity contribution in [2.45, 2.75) is 26.7 Å². The van der Waals surface area contributed by atoms with Crippen molar-refractivity contribution in [3.05, 3.63) is 11.9 Å². The van der Waals surface area contributed by atoms with Crippen molar-refractivity contribution in [1.29, 1.82) is 0 Å². The second-order valence-corrected chi connectivity index (χ2v) is 3.95. The number of hydrogen-bond donors (Lipinski definition) is 3. The SMILES string of the molecule is CCC(CC)(CN)CNC(=O)c1cn[nH]n1. The number of nitrogens with zero attached hydrogens (tertiary/aromatic N) is 2. The van der Waals surface area contributed by atoms with E-state index in [1.807, 2.05) is 0 Å². The molecule has 6 nitrogen and oxygen atoms in total. The molecule has 0 spiro atoms. The standard InChI is InChI=1S/C10H19N5O/c1-3-10(4-2,6-11)7-12-9(16)8-5-13-15-14-8/h5H,3-4,6-7,11H2,1-2H3,(H,12,16)(H,13,14,15). The molecule has 0 fully saturated rings. The van der Waals surface area contributed by atoms with Crippen LogP contribution >= 0.6 is 0 Å². The molecule has 0 bridgehead atoms. The first-order valence-corrected chi connectivity index (χ1v) is 5.51. The zero-order chi connectivity index (χ0) is 12.0. The van der Waals surface area contributed by atoms with Gasteiger partial charge < -0.3 is 11.1 Å². The molecule has 0 aliphatic rings. The van der Waals surface area contributed by atoms with Gasteiger partial charge in [-0.1, -0.05) is 13.8 Å². The lowest BCUT2D eigenvalue weighted by molar-refractivity contribution is 0.0923. The molecule has 1 rings (SSSR count). The highest BCUT2D eigenvalue weighted by Gasteiger charge is 2.25. The van der Waals surface area contributed by atoms with E-state index < -0.39 is 0 Å². The van der Waals surface area contributed by atoms with Crippen LogP contribution in [0.3, 0.4) is 0 Å². The highest BCUT2D eigenvalue weighted by molar-refractivity contribution is 5.91. The minimum atomic E-state index is -0.214. The van der Waals surface area contributed by atoms with E-state index in [9.17, 15) is 4.79 Å². The number of nitrogens with two attached hydrogens (primary N) is 1. The van der Waals surface area contributed by atoms with Crippen molar-refractivity contribution >= 4 is 5.91 Å². The van der Waals surface area contributed by atoms with Gasteiger partial charge in [-0.25, -0.2) is 0 Å². The Morgan fingerprint density at radius 2 is 2.25 bits per heavy atom. The number of rotatable bonds is 6. The molecule has 0 aliphatic heterocycles. The summed E-state index contributed by atoms with van der Waals surface area (Å²) in [7, 11) is 0. The van der Waals surface area contributed by atoms with E-state index in [1.54, 1.807) is 0 Å². The van der Waals surface area contributed by atoms with Gasteiger partial charge >= 0.3 is 0 Å². The maximum atomic E-state index is 11.6. The van der Waals surface area contributed by atoms with Crippen molar-refractivity contribution in [2.24, 2.45) is 11.1 Å². The molecule has 0 saturated carbocycles. The molecule has 0 aromatic carbocycles. The molecular weight excluding hydrogens is 206 g/mol. The molecule has 1 aromatic rings. The number of hydrogen-bond acceptors (Lipinski definition) is 4. The van der Waals surface area contributed by atoms with Crippen LogP contribution in [0.25, 0.3) is 0 Å². The first kappa shape index (κ1) is 12.6. The molecule has 90 valence electrons. The van der Waals surface area contributed by atoms with Gasteiger partial charge in [0.25, 0.3) is 5.91 Å². The summed E-state index contributed by atoms with van der Waals surface area (Å²) in [4.78, 5) is 11.6. The Labute approximate surface area is 95.0 Å². The van der Waals surface area contributed by atoms with E-state index in [1.165, 1.54) is 6.20 Å². The number of aromatic nitrogens is 3. The highest BCUT2D eigenvalue weighted by atomic mass is 16.1. The van der Waals surface area contributed by atoms with Crippen LogP contribution in [0.15, 0.2) is 6.20 Å². The summed E-state index contributed by atoms with van der Waals surface area (Å²) >= 11 is 0. The summed E-state index contributed by atoms with van der Waals surface area (Å²) in [6.07, 6.45) is 3.29. The lowest BCUT2D eigenvalue weighted by Crippen LogP contribution is -2.41. The number of nitrogens with one attached hydrogen (secondary N) is 2. The smallest absolute Gasteiger partial charge is 0.273 e. The summed E-state index contributed by atoms with van der Waals surface area (Å²) in [6, 6.07) is 0. The fourth-order valence-electron chi connectivity index (χ4n) is 1.53. The predicted octanol–water partition coefficient (Wildman–Crippen LogP) is 0.300. The van der Waals surface area contributed by atoms with E-state index in [4.69, 9.17) is 5.73 Å². The topological polar surface area (TPSA) is 96.7 Å². The summed E-state index contributed by atoms with van der Waals surface area (Å²) < 4.78 is 0. The van der Waals surface area contributed by atoms with Crippen molar-refractivity contribution in [3.63, 3.8) is 0 Å². The lowest BCUT2D eigenvalue weighted by Gasteiger charge is -2.30. The van der Waals surface area contributed by atoms with Crippen LogP contribution in [-0.4, -0.2) is 34.4 Å². The van der Waals surface area contributed by atoms with E-state index in [2.05, 4.69) is 34.6 Å². The molecule has 0 aliphatic carbocycles. The lowest BCUT2D eigenvalue weighted by atomic mass is 9.82. The molecule has 6 heteroatoms. The van der Waals surface area contributed by atoms with Gasteiger partial charge in [-0.2, -0.15) is 15.4 Å². The third-order valence-electron chi connectivity index (χ3n) is 3.20. The highest BCUT2D eigenvalue weighted by Crippen LogP contribution is 2.23. The summed E-state index contributed by atoms with van der Waals surface area (Å²) in [6.45, 7) is 5.30. The maximum Gasteiger partial charge on any atom is 0.273 e. The Kier molecular flexibility index (Phi) is 4.42. The Morgan fingerprint density at radius 3 is 2.69 bits per heavy atom.